The fraction of sp³-hybridized carbons (Fsp3) is 0.0667. The van der Waals surface area contributed by atoms with Crippen LogP contribution >= 0.6 is 15.9 Å². The number of hydrogen-bond acceptors (Lipinski definition) is 3. The van der Waals surface area contributed by atoms with Crippen LogP contribution in [-0.4, -0.2) is 24.0 Å². The van der Waals surface area contributed by atoms with Gasteiger partial charge < -0.3 is 9.84 Å². The minimum atomic E-state index is -1.15. The third-order valence-electron chi connectivity index (χ3n) is 2.81. The van der Waals surface area contributed by atoms with Crippen molar-refractivity contribution in [3.63, 3.8) is 0 Å². The van der Waals surface area contributed by atoms with E-state index in [1.54, 1.807) is 30.3 Å². The van der Waals surface area contributed by atoms with Gasteiger partial charge in [0.2, 0.25) is 0 Å². The minimum Gasteiger partial charge on any atom is -0.496 e. The first kappa shape index (κ1) is 14.3. The Balaban J connectivity index is 2.56. The van der Waals surface area contributed by atoms with Crippen LogP contribution in [0.5, 0.6) is 5.75 Å². The third kappa shape index (κ3) is 2.72. The van der Waals surface area contributed by atoms with Gasteiger partial charge in [0.1, 0.15) is 5.75 Å². The second-order valence-corrected chi connectivity index (χ2v) is 4.94. The third-order valence-corrected chi connectivity index (χ3v) is 3.30. The summed E-state index contributed by atoms with van der Waals surface area (Å²) in [5, 5.41) is 9.21. The molecular formula is C15H11BrO4. The molecule has 0 aliphatic carbocycles. The highest BCUT2D eigenvalue weighted by atomic mass is 79.9. The molecule has 0 aromatic heterocycles. The van der Waals surface area contributed by atoms with Gasteiger partial charge in [-0.3, -0.25) is 4.79 Å². The summed E-state index contributed by atoms with van der Waals surface area (Å²) < 4.78 is 5.74. The van der Waals surface area contributed by atoms with Crippen LogP contribution < -0.4 is 4.74 Å². The monoisotopic (exact) mass is 334 g/mol. The Kier molecular flexibility index (Phi) is 4.20. The molecule has 0 aliphatic rings. The van der Waals surface area contributed by atoms with E-state index in [4.69, 9.17) is 4.74 Å². The zero-order valence-corrected chi connectivity index (χ0v) is 12.2. The molecule has 0 radical (unpaired) electrons. The van der Waals surface area contributed by atoms with Crippen molar-refractivity contribution >= 4 is 27.7 Å². The van der Waals surface area contributed by atoms with Crippen molar-refractivity contribution in [3.05, 3.63) is 63.6 Å². The number of methoxy groups -OCH3 is 1. The van der Waals surface area contributed by atoms with Gasteiger partial charge in [-0.15, -0.1) is 0 Å². The zero-order valence-electron chi connectivity index (χ0n) is 10.6. The number of carboxylic acids is 1. The van der Waals surface area contributed by atoms with Crippen LogP contribution in [0.3, 0.4) is 0 Å². The highest BCUT2D eigenvalue weighted by Crippen LogP contribution is 2.24. The lowest BCUT2D eigenvalue weighted by atomic mass is 9.98. The summed E-state index contributed by atoms with van der Waals surface area (Å²) in [6, 6.07) is 11.2. The lowest BCUT2D eigenvalue weighted by molar-refractivity contribution is 0.0692. The molecule has 0 heterocycles. The molecule has 2 rings (SSSR count). The summed E-state index contributed by atoms with van der Waals surface area (Å²) >= 11 is 3.20. The van der Waals surface area contributed by atoms with E-state index in [0.29, 0.717) is 15.8 Å². The second-order valence-electron chi connectivity index (χ2n) is 4.02. The van der Waals surface area contributed by atoms with Crippen molar-refractivity contribution in [3.8, 4) is 5.75 Å². The smallest absolute Gasteiger partial charge is 0.336 e. The zero-order chi connectivity index (χ0) is 14.7. The standard InChI is InChI=1S/C15H11BrO4/c1-20-13-5-3-2-4-11(13)14(17)10-7-6-9(16)8-12(10)15(18)19/h2-8H,1H3,(H,18,19). The number of halogens is 1. The molecule has 1 N–H and O–H groups in total. The number of rotatable bonds is 4. The van der Waals surface area contributed by atoms with Gasteiger partial charge >= 0.3 is 5.97 Å². The highest BCUT2D eigenvalue weighted by Gasteiger charge is 2.20. The van der Waals surface area contributed by atoms with E-state index in [1.807, 2.05) is 0 Å². The lowest BCUT2D eigenvalue weighted by Crippen LogP contribution is -2.10. The molecule has 0 unspecified atom stereocenters. The maximum Gasteiger partial charge on any atom is 0.336 e. The molecule has 0 bridgehead atoms. The highest BCUT2D eigenvalue weighted by molar-refractivity contribution is 9.10. The molecule has 4 nitrogen and oxygen atoms in total. The Morgan fingerprint density at radius 2 is 1.75 bits per heavy atom. The molecule has 2 aromatic rings. The molecule has 0 fully saturated rings. The molecule has 0 aliphatic heterocycles. The van der Waals surface area contributed by atoms with Crippen molar-refractivity contribution in [1.82, 2.24) is 0 Å². The van der Waals surface area contributed by atoms with Crippen LogP contribution in [0.1, 0.15) is 26.3 Å². The topological polar surface area (TPSA) is 63.6 Å². The fourth-order valence-corrected chi connectivity index (χ4v) is 2.23. The quantitative estimate of drug-likeness (QED) is 0.870. The van der Waals surface area contributed by atoms with Crippen LogP contribution in [0.2, 0.25) is 0 Å². The van der Waals surface area contributed by atoms with Crippen LogP contribution in [0.4, 0.5) is 0 Å². The molecule has 102 valence electrons. The molecule has 20 heavy (non-hydrogen) atoms. The van der Waals surface area contributed by atoms with Crippen LogP contribution in [0.15, 0.2) is 46.9 Å². The Morgan fingerprint density at radius 3 is 2.40 bits per heavy atom. The average molecular weight is 335 g/mol. The molecule has 5 heteroatoms. The van der Waals surface area contributed by atoms with Crippen molar-refractivity contribution in [2.75, 3.05) is 7.11 Å². The van der Waals surface area contributed by atoms with E-state index in [9.17, 15) is 14.7 Å². The first-order valence-corrected chi connectivity index (χ1v) is 6.54. The summed E-state index contributed by atoms with van der Waals surface area (Å²) in [5.41, 5.74) is 0.417. The Hall–Kier alpha value is -2.14. The SMILES string of the molecule is COc1ccccc1C(=O)c1ccc(Br)cc1C(=O)O. The van der Waals surface area contributed by atoms with Gasteiger partial charge in [0.05, 0.1) is 18.2 Å². The normalized spacial score (nSPS) is 10.1. The molecule has 0 spiro atoms. The van der Waals surface area contributed by atoms with Gasteiger partial charge in [-0.1, -0.05) is 28.1 Å². The van der Waals surface area contributed by atoms with Gasteiger partial charge in [0.25, 0.3) is 0 Å². The summed E-state index contributed by atoms with van der Waals surface area (Å²) in [4.78, 5) is 23.8. The lowest BCUT2D eigenvalue weighted by Gasteiger charge is -2.09. The number of carbonyl (C=O) groups excluding carboxylic acids is 1. The van der Waals surface area contributed by atoms with E-state index in [1.165, 1.54) is 19.2 Å². The summed E-state index contributed by atoms with van der Waals surface area (Å²) in [7, 11) is 1.46. The van der Waals surface area contributed by atoms with Crippen molar-refractivity contribution < 1.29 is 19.4 Å². The Morgan fingerprint density at radius 1 is 1.05 bits per heavy atom. The second kappa shape index (κ2) is 5.88. The van der Waals surface area contributed by atoms with Crippen LogP contribution in [0.25, 0.3) is 0 Å². The predicted molar refractivity (Wildman–Crippen MR) is 77.5 cm³/mol. The molecule has 2 aromatic carbocycles. The number of carbonyl (C=O) groups is 2. The van der Waals surface area contributed by atoms with E-state index in [-0.39, 0.29) is 16.9 Å². The Labute approximate surface area is 124 Å². The first-order valence-electron chi connectivity index (χ1n) is 5.75. The number of benzene rings is 2. The van der Waals surface area contributed by atoms with Gasteiger partial charge in [-0.25, -0.2) is 4.79 Å². The minimum absolute atomic E-state index is 0.0460. The van der Waals surface area contributed by atoms with E-state index >= 15 is 0 Å². The molecule has 0 saturated carbocycles. The molecule has 0 saturated heterocycles. The Bertz CT molecular complexity index is 679. The van der Waals surface area contributed by atoms with Gasteiger partial charge in [-0.05, 0) is 30.3 Å². The van der Waals surface area contributed by atoms with Gasteiger partial charge in [0, 0.05) is 10.0 Å². The largest absolute Gasteiger partial charge is 0.496 e. The van der Waals surface area contributed by atoms with E-state index in [0.717, 1.165) is 0 Å². The van der Waals surface area contributed by atoms with E-state index < -0.39 is 5.97 Å². The number of para-hydroxylation sites is 1. The number of hydrogen-bond donors (Lipinski definition) is 1. The maximum absolute atomic E-state index is 12.5. The number of ether oxygens (including phenoxy) is 1. The number of aromatic carboxylic acids is 1. The van der Waals surface area contributed by atoms with E-state index in [2.05, 4.69) is 15.9 Å². The van der Waals surface area contributed by atoms with Crippen molar-refractivity contribution in [2.45, 2.75) is 0 Å². The fourth-order valence-electron chi connectivity index (χ4n) is 1.87. The number of carboxylic acid groups (broad SMARTS) is 1. The predicted octanol–water partition coefficient (Wildman–Crippen LogP) is 3.39. The average Bonchev–Trinajstić information content (AvgIpc) is 2.46. The molecular weight excluding hydrogens is 324 g/mol. The van der Waals surface area contributed by atoms with Crippen molar-refractivity contribution in [1.29, 1.82) is 0 Å². The summed E-state index contributed by atoms with van der Waals surface area (Å²) in [6.07, 6.45) is 0. The maximum atomic E-state index is 12.5. The molecule has 0 atom stereocenters. The van der Waals surface area contributed by atoms with Gasteiger partial charge in [0.15, 0.2) is 5.78 Å². The van der Waals surface area contributed by atoms with Crippen LogP contribution in [0, 0.1) is 0 Å². The van der Waals surface area contributed by atoms with Crippen LogP contribution in [-0.2, 0) is 0 Å². The van der Waals surface area contributed by atoms with Crippen molar-refractivity contribution in [2.24, 2.45) is 0 Å². The summed E-state index contributed by atoms with van der Waals surface area (Å²) in [5.74, 6) is -1.12. The van der Waals surface area contributed by atoms with Gasteiger partial charge in [-0.2, -0.15) is 0 Å². The molecule has 0 amide bonds. The summed E-state index contributed by atoms with van der Waals surface area (Å²) in [6.45, 7) is 0. The first-order chi connectivity index (χ1) is 9.54. The number of ketones is 1.